The molecule has 1 fully saturated rings. The number of hydrogen-bond donors (Lipinski definition) is 1. The number of nitrogens with zero attached hydrogens (tertiary/aromatic N) is 1. The summed E-state index contributed by atoms with van der Waals surface area (Å²) in [5, 5.41) is 3.74. The van der Waals surface area contributed by atoms with Gasteiger partial charge in [0, 0.05) is 25.2 Å². The first-order chi connectivity index (χ1) is 9.19. The number of nitrogens with one attached hydrogen (secondary N) is 1. The molecule has 1 aromatic rings. The van der Waals surface area contributed by atoms with Crippen LogP contribution in [-0.4, -0.2) is 30.6 Å². The maximum atomic E-state index is 5.36. The average Bonchev–Trinajstić information content (AvgIpc) is 2.42. The van der Waals surface area contributed by atoms with E-state index in [4.69, 9.17) is 6.42 Å². The smallest absolute Gasteiger partial charge is 0.0598 e. The van der Waals surface area contributed by atoms with E-state index in [9.17, 15) is 0 Å². The molecule has 1 aromatic carbocycles. The van der Waals surface area contributed by atoms with E-state index < -0.39 is 0 Å². The molecule has 19 heavy (non-hydrogen) atoms. The first kappa shape index (κ1) is 14.1. The zero-order chi connectivity index (χ0) is 13.7. The molecule has 0 aromatic heterocycles. The Bertz CT molecular complexity index is 422. The molecule has 0 bridgehead atoms. The summed E-state index contributed by atoms with van der Waals surface area (Å²) < 4.78 is 0. The largest absolute Gasteiger partial charge is 0.307 e. The Morgan fingerprint density at radius 3 is 2.53 bits per heavy atom. The van der Waals surface area contributed by atoms with Crippen LogP contribution in [0.1, 0.15) is 36.9 Å². The van der Waals surface area contributed by atoms with E-state index in [1.807, 2.05) is 0 Å². The predicted molar refractivity (Wildman–Crippen MR) is 81.0 cm³/mol. The fraction of sp³-hybridized carbons (Fsp3) is 0.529. The van der Waals surface area contributed by atoms with Gasteiger partial charge in [-0.1, -0.05) is 35.7 Å². The summed E-state index contributed by atoms with van der Waals surface area (Å²) in [6, 6.07) is 9.85. The Morgan fingerprint density at radius 2 is 1.95 bits per heavy atom. The van der Waals surface area contributed by atoms with E-state index in [2.05, 4.69) is 54.3 Å². The molecule has 2 rings (SSSR count). The molecule has 2 nitrogen and oxygen atoms in total. The molecule has 0 radical (unpaired) electrons. The molecule has 1 unspecified atom stereocenters. The Morgan fingerprint density at radius 1 is 1.32 bits per heavy atom. The van der Waals surface area contributed by atoms with Gasteiger partial charge in [0.1, 0.15) is 0 Å². The number of terminal acetylenes is 1. The van der Waals surface area contributed by atoms with Crippen molar-refractivity contribution in [3.05, 3.63) is 35.4 Å². The van der Waals surface area contributed by atoms with Gasteiger partial charge in [0.25, 0.3) is 0 Å². The summed E-state index contributed by atoms with van der Waals surface area (Å²) in [6.07, 6.45) is 7.74. The lowest BCUT2D eigenvalue weighted by Gasteiger charge is -2.33. The summed E-state index contributed by atoms with van der Waals surface area (Å²) in [5.74, 6) is 2.73. The van der Waals surface area contributed by atoms with Crippen molar-refractivity contribution in [3.63, 3.8) is 0 Å². The molecule has 1 N–H and O–H groups in total. The SMILES string of the molecule is C#CCN1CCC(NC(C)c2ccc(C)cc2)CC1. The molecule has 0 aliphatic carbocycles. The zero-order valence-corrected chi connectivity index (χ0v) is 12.0. The topological polar surface area (TPSA) is 15.3 Å². The standard InChI is InChI=1S/C17H24N2/c1-4-11-19-12-9-17(10-13-19)18-15(3)16-7-5-14(2)6-8-16/h1,5-8,15,17-18H,9-13H2,2-3H3. The highest BCUT2D eigenvalue weighted by atomic mass is 15.1. The fourth-order valence-corrected chi connectivity index (χ4v) is 2.69. The maximum Gasteiger partial charge on any atom is 0.0598 e. The molecule has 0 spiro atoms. The quantitative estimate of drug-likeness (QED) is 0.833. The lowest BCUT2D eigenvalue weighted by Crippen LogP contribution is -2.43. The first-order valence-electron chi connectivity index (χ1n) is 7.17. The predicted octanol–water partition coefficient (Wildman–Crippen LogP) is 2.74. The number of hydrogen-bond acceptors (Lipinski definition) is 2. The molecule has 0 amide bonds. The minimum atomic E-state index is 0.421. The Balaban J connectivity index is 1.82. The van der Waals surface area contributed by atoms with Crippen LogP contribution in [0.25, 0.3) is 0 Å². The van der Waals surface area contributed by atoms with Gasteiger partial charge in [-0.05, 0) is 32.3 Å². The van der Waals surface area contributed by atoms with Crippen LogP contribution in [0.3, 0.4) is 0 Å². The molecular formula is C17H24N2. The molecule has 1 aliphatic rings. The third-order valence-electron chi connectivity index (χ3n) is 3.97. The molecule has 1 saturated heterocycles. The zero-order valence-electron chi connectivity index (χ0n) is 12.0. The van der Waals surface area contributed by atoms with Crippen LogP contribution in [0.15, 0.2) is 24.3 Å². The van der Waals surface area contributed by atoms with Gasteiger partial charge in [-0.3, -0.25) is 4.90 Å². The molecule has 1 heterocycles. The van der Waals surface area contributed by atoms with Crippen molar-refractivity contribution in [1.29, 1.82) is 0 Å². The Labute approximate surface area is 117 Å². The van der Waals surface area contributed by atoms with Gasteiger partial charge in [0.2, 0.25) is 0 Å². The summed E-state index contributed by atoms with van der Waals surface area (Å²) in [5.41, 5.74) is 2.69. The first-order valence-corrected chi connectivity index (χ1v) is 7.17. The Hall–Kier alpha value is -1.30. The van der Waals surface area contributed by atoms with E-state index in [0.29, 0.717) is 12.1 Å². The minimum Gasteiger partial charge on any atom is -0.307 e. The third kappa shape index (κ3) is 4.09. The van der Waals surface area contributed by atoms with E-state index in [-0.39, 0.29) is 0 Å². The van der Waals surface area contributed by atoms with E-state index in [1.165, 1.54) is 24.0 Å². The minimum absolute atomic E-state index is 0.421. The van der Waals surface area contributed by atoms with Crippen LogP contribution >= 0.6 is 0 Å². The second-order valence-electron chi connectivity index (χ2n) is 5.55. The van der Waals surface area contributed by atoms with Crippen LogP contribution < -0.4 is 5.32 Å². The van der Waals surface area contributed by atoms with Crippen molar-refractivity contribution in [3.8, 4) is 12.3 Å². The van der Waals surface area contributed by atoms with Crippen LogP contribution in [0.4, 0.5) is 0 Å². The average molecular weight is 256 g/mol. The second-order valence-corrected chi connectivity index (χ2v) is 5.55. The number of aryl methyl sites for hydroxylation is 1. The third-order valence-corrected chi connectivity index (χ3v) is 3.97. The van der Waals surface area contributed by atoms with Crippen LogP contribution in [0.2, 0.25) is 0 Å². The van der Waals surface area contributed by atoms with E-state index in [1.54, 1.807) is 0 Å². The highest BCUT2D eigenvalue weighted by Gasteiger charge is 2.20. The van der Waals surface area contributed by atoms with Crippen molar-refractivity contribution in [1.82, 2.24) is 10.2 Å². The number of likely N-dealkylation sites (tertiary alicyclic amines) is 1. The van der Waals surface area contributed by atoms with Gasteiger partial charge >= 0.3 is 0 Å². The van der Waals surface area contributed by atoms with Gasteiger partial charge in [0.05, 0.1) is 6.54 Å². The second kappa shape index (κ2) is 6.75. The number of piperidine rings is 1. The van der Waals surface area contributed by atoms with Crippen molar-refractivity contribution in [2.75, 3.05) is 19.6 Å². The van der Waals surface area contributed by atoms with Gasteiger partial charge < -0.3 is 5.32 Å². The fourth-order valence-electron chi connectivity index (χ4n) is 2.69. The van der Waals surface area contributed by atoms with Crippen LogP contribution in [0, 0.1) is 19.3 Å². The van der Waals surface area contributed by atoms with Crippen molar-refractivity contribution in [2.45, 2.75) is 38.8 Å². The van der Waals surface area contributed by atoms with Crippen molar-refractivity contribution < 1.29 is 0 Å². The molecule has 1 aliphatic heterocycles. The van der Waals surface area contributed by atoms with Gasteiger partial charge in [-0.15, -0.1) is 6.42 Å². The summed E-state index contributed by atoms with van der Waals surface area (Å²) >= 11 is 0. The van der Waals surface area contributed by atoms with E-state index in [0.717, 1.165) is 19.6 Å². The van der Waals surface area contributed by atoms with Crippen LogP contribution in [0.5, 0.6) is 0 Å². The van der Waals surface area contributed by atoms with E-state index >= 15 is 0 Å². The number of rotatable bonds is 4. The highest BCUT2D eigenvalue weighted by Crippen LogP contribution is 2.17. The monoisotopic (exact) mass is 256 g/mol. The summed E-state index contributed by atoms with van der Waals surface area (Å²) in [6.45, 7) is 7.40. The van der Waals surface area contributed by atoms with Gasteiger partial charge in [0.15, 0.2) is 0 Å². The molecular weight excluding hydrogens is 232 g/mol. The number of benzene rings is 1. The van der Waals surface area contributed by atoms with Gasteiger partial charge in [-0.25, -0.2) is 0 Å². The van der Waals surface area contributed by atoms with Crippen LogP contribution in [-0.2, 0) is 0 Å². The molecule has 102 valence electrons. The summed E-state index contributed by atoms with van der Waals surface area (Å²) in [7, 11) is 0. The Kier molecular flexibility index (Phi) is 5.01. The molecule has 0 saturated carbocycles. The van der Waals surface area contributed by atoms with Gasteiger partial charge in [-0.2, -0.15) is 0 Å². The molecule has 2 heteroatoms. The summed E-state index contributed by atoms with van der Waals surface area (Å²) in [4.78, 5) is 2.36. The lowest BCUT2D eigenvalue weighted by atomic mass is 10.0. The normalized spacial score (nSPS) is 19.0. The maximum absolute atomic E-state index is 5.36. The van der Waals surface area contributed by atoms with Crippen molar-refractivity contribution in [2.24, 2.45) is 0 Å². The van der Waals surface area contributed by atoms with Crippen molar-refractivity contribution >= 4 is 0 Å². The lowest BCUT2D eigenvalue weighted by molar-refractivity contribution is 0.211. The highest BCUT2D eigenvalue weighted by molar-refractivity contribution is 5.23. The molecule has 1 atom stereocenters.